The Labute approximate surface area is 136 Å². The number of carbonyl (C=O) groups is 1. The van der Waals surface area contributed by atoms with Crippen LogP contribution in [-0.4, -0.2) is 17.6 Å². The Hall–Kier alpha value is -2.55. The zero-order valence-corrected chi connectivity index (χ0v) is 13.7. The summed E-state index contributed by atoms with van der Waals surface area (Å²) in [4.78, 5) is 12.0. The predicted molar refractivity (Wildman–Crippen MR) is 92.6 cm³/mol. The zero-order valence-electron chi connectivity index (χ0n) is 13.7. The molecular weight excluding hydrogens is 286 g/mol. The van der Waals surface area contributed by atoms with E-state index >= 15 is 0 Å². The van der Waals surface area contributed by atoms with Gasteiger partial charge in [-0.2, -0.15) is 0 Å². The van der Waals surface area contributed by atoms with Gasteiger partial charge in [0.15, 0.2) is 0 Å². The minimum atomic E-state index is -0.189. The van der Waals surface area contributed by atoms with Gasteiger partial charge < -0.3 is 9.30 Å². The van der Waals surface area contributed by atoms with Crippen LogP contribution >= 0.6 is 0 Å². The third-order valence-corrected chi connectivity index (χ3v) is 4.60. The first-order valence-corrected chi connectivity index (χ1v) is 7.79. The number of benzene rings is 2. The summed E-state index contributed by atoms with van der Waals surface area (Å²) in [5, 5.41) is 1.20. The second kappa shape index (κ2) is 6.29. The largest absolute Gasteiger partial charge is 0.469 e. The summed E-state index contributed by atoms with van der Waals surface area (Å²) in [5.41, 5.74) is 4.71. The fourth-order valence-corrected chi connectivity index (χ4v) is 3.31. The summed E-state index contributed by atoms with van der Waals surface area (Å²) in [6.07, 6.45) is 0.343. The molecule has 0 radical (unpaired) electrons. The van der Waals surface area contributed by atoms with E-state index < -0.39 is 0 Å². The smallest absolute Gasteiger partial charge is 0.306 e. The van der Waals surface area contributed by atoms with E-state index in [0.29, 0.717) is 6.42 Å². The third kappa shape index (κ3) is 2.74. The van der Waals surface area contributed by atoms with Gasteiger partial charge in [-0.3, -0.25) is 4.79 Å². The maximum atomic E-state index is 12.0. The molecule has 0 saturated carbocycles. The highest BCUT2D eigenvalue weighted by Crippen LogP contribution is 2.37. The predicted octanol–water partition coefficient (Wildman–Crippen LogP) is 4.18. The minimum absolute atomic E-state index is 0.00486. The van der Waals surface area contributed by atoms with Crippen LogP contribution in [0.2, 0.25) is 0 Å². The molecule has 0 N–H and O–H groups in total. The molecule has 0 fully saturated rings. The van der Waals surface area contributed by atoms with E-state index in [1.807, 2.05) is 30.3 Å². The number of carbonyl (C=O) groups excluding carboxylic acids is 1. The van der Waals surface area contributed by atoms with Crippen LogP contribution < -0.4 is 0 Å². The number of hydrogen-bond acceptors (Lipinski definition) is 2. The van der Waals surface area contributed by atoms with Crippen molar-refractivity contribution in [3.05, 3.63) is 71.4 Å². The quantitative estimate of drug-likeness (QED) is 0.677. The highest BCUT2D eigenvalue weighted by Gasteiger charge is 2.24. The SMILES string of the molecule is COC(=O)CC(c1ccccc1)c1c(C)n(C)c2ccccc12. The number of methoxy groups -OCH3 is 1. The molecule has 118 valence electrons. The summed E-state index contributed by atoms with van der Waals surface area (Å²) in [6, 6.07) is 18.5. The van der Waals surface area contributed by atoms with Gasteiger partial charge in [0, 0.05) is 29.6 Å². The van der Waals surface area contributed by atoms with Crippen molar-refractivity contribution in [1.82, 2.24) is 4.57 Å². The van der Waals surface area contributed by atoms with Gasteiger partial charge in [0.25, 0.3) is 0 Å². The maximum Gasteiger partial charge on any atom is 0.306 e. The second-order valence-electron chi connectivity index (χ2n) is 5.82. The summed E-state index contributed by atoms with van der Waals surface area (Å²) in [7, 11) is 3.52. The Morgan fingerprint density at radius 2 is 1.74 bits per heavy atom. The van der Waals surface area contributed by atoms with Gasteiger partial charge in [-0.1, -0.05) is 48.5 Å². The van der Waals surface area contributed by atoms with Crippen LogP contribution in [0.1, 0.15) is 29.2 Å². The summed E-state index contributed by atoms with van der Waals surface area (Å²) in [6.45, 7) is 2.11. The third-order valence-electron chi connectivity index (χ3n) is 4.60. The number of aromatic nitrogens is 1. The fraction of sp³-hybridized carbons (Fsp3) is 0.250. The fourth-order valence-electron chi connectivity index (χ4n) is 3.31. The van der Waals surface area contributed by atoms with Gasteiger partial charge in [0.2, 0.25) is 0 Å². The highest BCUT2D eigenvalue weighted by molar-refractivity contribution is 5.87. The van der Waals surface area contributed by atoms with Crippen molar-refractivity contribution < 1.29 is 9.53 Å². The molecule has 3 heteroatoms. The maximum absolute atomic E-state index is 12.0. The van der Waals surface area contributed by atoms with Gasteiger partial charge in [0.1, 0.15) is 0 Å². The molecule has 0 aliphatic rings. The molecule has 1 unspecified atom stereocenters. The number of para-hydroxylation sites is 1. The van der Waals surface area contributed by atoms with Crippen LogP contribution in [0.25, 0.3) is 10.9 Å². The number of hydrogen-bond donors (Lipinski definition) is 0. The van der Waals surface area contributed by atoms with Gasteiger partial charge in [-0.15, -0.1) is 0 Å². The Balaban J connectivity index is 2.21. The molecule has 0 saturated heterocycles. The van der Waals surface area contributed by atoms with E-state index in [2.05, 4.69) is 42.8 Å². The van der Waals surface area contributed by atoms with Crippen molar-refractivity contribution in [3.63, 3.8) is 0 Å². The van der Waals surface area contributed by atoms with Gasteiger partial charge in [-0.05, 0) is 24.1 Å². The topological polar surface area (TPSA) is 31.2 Å². The van der Waals surface area contributed by atoms with Crippen LogP contribution in [-0.2, 0) is 16.6 Å². The Morgan fingerprint density at radius 3 is 2.43 bits per heavy atom. The van der Waals surface area contributed by atoms with E-state index in [4.69, 9.17) is 4.74 Å². The average Bonchev–Trinajstić information content (AvgIpc) is 2.85. The van der Waals surface area contributed by atoms with E-state index in [9.17, 15) is 4.79 Å². The first kappa shape index (κ1) is 15.3. The number of aryl methyl sites for hydroxylation is 1. The molecule has 0 aliphatic heterocycles. The first-order valence-electron chi connectivity index (χ1n) is 7.79. The molecule has 23 heavy (non-hydrogen) atoms. The standard InChI is InChI=1S/C20H21NO2/c1-14-20(16-11-7-8-12-18(16)21(14)2)17(13-19(22)23-3)15-9-5-4-6-10-15/h4-12,17H,13H2,1-3H3. The van der Waals surface area contributed by atoms with E-state index in [1.165, 1.54) is 29.3 Å². The van der Waals surface area contributed by atoms with E-state index in [1.54, 1.807) is 0 Å². The zero-order chi connectivity index (χ0) is 16.4. The van der Waals surface area contributed by atoms with Crippen LogP contribution in [0.15, 0.2) is 54.6 Å². The lowest BCUT2D eigenvalue weighted by atomic mass is 9.87. The molecule has 1 heterocycles. The molecule has 2 aromatic carbocycles. The number of fused-ring (bicyclic) bond motifs is 1. The molecular formula is C20H21NO2. The Bertz CT molecular complexity index is 833. The van der Waals surface area contributed by atoms with Crippen LogP contribution in [0.5, 0.6) is 0 Å². The lowest BCUT2D eigenvalue weighted by molar-refractivity contribution is -0.140. The Morgan fingerprint density at radius 1 is 1.09 bits per heavy atom. The molecule has 0 amide bonds. The summed E-state index contributed by atoms with van der Waals surface area (Å²) in [5.74, 6) is -0.194. The molecule has 3 aromatic rings. The first-order chi connectivity index (χ1) is 11.1. The van der Waals surface area contributed by atoms with Crippen LogP contribution in [0.3, 0.4) is 0 Å². The van der Waals surface area contributed by atoms with Gasteiger partial charge in [-0.25, -0.2) is 0 Å². The minimum Gasteiger partial charge on any atom is -0.469 e. The van der Waals surface area contributed by atoms with Crippen molar-refractivity contribution in [2.45, 2.75) is 19.3 Å². The molecule has 3 rings (SSSR count). The number of nitrogens with zero attached hydrogens (tertiary/aromatic N) is 1. The normalized spacial score (nSPS) is 12.3. The average molecular weight is 307 g/mol. The molecule has 0 aliphatic carbocycles. The number of rotatable bonds is 4. The summed E-state index contributed by atoms with van der Waals surface area (Å²) < 4.78 is 7.13. The molecule has 0 spiro atoms. The lowest BCUT2D eigenvalue weighted by Gasteiger charge is -2.17. The van der Waals surface area contributed by atoms with Crippen molar-refractivity contribution in [1.29, 1.82) is 0 Å². The van der Waals surface area contributed by atoms with Gasteiger partial charge >= 0.3 is 5.97 Å². The van der Waals surface area contributed by atoms with Crippen molar-refractivity contribution in [2.24, 2.45) is 7.05 Å². The molecule has 1 aromatic heterocycles. The Kier molecular flexibility index (Phi) is 4.20. The van der Waals surface area contributed by atoms with E-state index in [0.717, 1.165) is 5.56 Å². The van der Waals surface area contributed by atoms with Gasteiger partial charge in [0.05, 0.1) is 13.5 Å². The van der Waals surface area contributed by atoms with Crippen LogP contribution in [0, 0.1) is 6.92 Å². The highest BCUT2D eigenvalue weighted by atomic mass is 16.5. The van der Waals surface area contributed by atoms with Crippen molar-refractivity contribution in [2.75, 3.05) is 7.11 Å². The molecule has 0 bridgehead atoms. The summed E-state index contributed by atoms with van der Waals surface area (Å²) >= 11 is 0. The second-order valence-corrected chi connectivity index (χ2v) is 5.82. The van der Waals surface area contributed by atoms with E-state index in [-0.39, 0.29) is 11.9 Å². The number of esters is 1. The monoisotopic (exact) mass is 307 g/mol. The lowest BCUT2D eigenvalue weighted by Crippen LogP contribution is -2.11. The molecule has 1 atom stereocenters. The molecule has 3 nitrogen and oxygen atoms in total. The van der Waals surface area contributed by atoms with Crippen LogP contribution in [0.4, 0.5) is 0 Å². The van der Waals surface area contributed by atoms with Crippen molar-refractivity contribution >= 4 is 16.9 Å². The number of ether oxygens (including phenoxy) is 1. The van der Waals surface area contributed by atoms with Crippen molar-refractivity contribution in [3.8, 4) is 0 Å².